The third-order valence-electron chi connectivity index (χ3n) is 15.7. The lowest BCUT2D eigenvalue weighted by Crippen LogP contribution is -2.15. The van der Waals surface area contributed by atoms with Crippen LogP contribution >= 0.6 is 22.6 Å². The highest BCUT2D eigenvalue weighted by molar-refractivity contribution is 14.1. The molecular formula is C71H70IN7. The SMILES string of the molecule is CCCCC/C=C(I)\C=C(\c1nc(-c2cc(CCCC)cc(CCCC)c2)nc(-c2cc(-c3nc(-c4ccccc4)nc(-c4ccccc4)n3)ccc2-n2c3ccccc3c3cc4c(cc32)C(C)(C)c2ccccc2-4)n1)C(C)C. The van der Waals surface area contributed by atoms with E-state index in [1.807, 2.05) is 36.4 Å². The molecule has 3 aromatic heterocycles. The third-order valence-corrected chi connectivity index (χ3v) is 16.5. The number of hydrogen-bond acceptors (Lipinski definition) is 6. The van der Waals surface area contributed by atoms with E-state index in [2.05, 4.69) is 209 Å². The van der Waals surface area contributed by atoms with Crippen LogP contribution in [0.25, 0.3) is 101 Å². The van der Waals surface area contributed by atoms with Crippen molar-refractivity contribution in [3.8, 4) is 73.8 Å². The Morgan fingerprint density at radius 2 is 1.08 bits per heavy atom. The molecule has 0 amide bonds. The highest BCUT2D eigenvalue weighted by Gasteiger charge is 2.36. The van der Waals surface area contributed by atoms with Gasteiger partial charge in [0.1, 0.15) is 0 Å². The van der Waals surface area contributed by atoms with Crippen molar-refractivity contribution < 1.29 is 0 Å². The van der Waals surface area contributed by atoms with Crippen molar-refractivity contribution in [2.24, 2.45) is 5.92 Å². The molecule has 0 saturated heterocycles. The minimum atomic E-state index is -0.207. The van der Waals surface area contributed by atoms with Crippen LogP contribution < -0.4 is 0 Å². The average Bonchev–Trinajstić information content (AvgIpc) is 3.62. The third kappa shape index (κ3) is 11.0. The summed E-state index contributed by atoms with van der Waals surface area (Å²) in [6.45, 7) is 16.0. The van der Waals surface area contributed by atoms with Gasteiger partial charge in [-0.15, -0.1) is 0 Å². The molecular weight excluding hydrogens is 1080 g/mol. The molecule has 7 nitrogen and oxygen atoms in total. The molecule has 0 N–H and O–H groups in total. The second-order valence-electron chi connectivity index (χ2n) is 22.1. The number of aryl methyl sites for hydroxylation is 2. The Balaban J connectivity index is 1.22. The monoisotopic (exact) mass is 1150 g/mol. The Hall–Kier alpha value is -7.43. The predicted octanol–water partition coefficient (Wildman–Crippen LogP) is 19.4. The molecule has 10 aromatic rings. The van der Waals surface area contributed by atoms with E-state index in [0.717, 1.165) is 95.1 Å². The van der Waals surface area contributed by atoms with Crippen LogP contribution in [0.1, 0.15) is 128 Å². The van der Waals surface area contributed by atoms with Crippen molar-refractivity contribution >= 4 is 50.0 Å². The van der Waals surface area contributed by atoms with Gasteiger partial charge >= 0.3 is 0 Å². The number of fused-ring (bicyclic) bond motifs is 6. The Kier molecular flexibility index (Phi) is 15.9. The number of halogens is 1. The summed E-state index contributed by atoms with van der Waals surface area (Å²) in [6, 6.07) is 56.7. The second kappa shape index (κ2) is 23.5. The molecule has 0 spiro atoms. The van der Waals surface area contributed by atoms with Crippen LogP contribution in [-0.2, 0) is 18.3 Å². The molecule has 396 valence electrons. The van der Waals surface area contributed by atoms with Crippen LogP contribution in [0.2, 0.25) is 0 Å². The lowest BCUT2D eigenvalue weighted by molar-refractivity contribution is 0.661. The van der Waals surface area contributed by atoms with Gasteiger partial charge in [-0.05, 0) is 155 Å². The molecule has 0 fully saturated rings. The molecule has 0 atom stereocenters. The van der Waals surface area contributed by atoms with Crippen molar-refractivity contribution in [1.29, 1.82) is 0 Å². The molecule has 1 aliphatic rings. The fourth-order valence-electron chi connectivity index (χ4n) is 11.4. The fraction of sp³-hybridized carbons (Fsp3) is 0.268. The van der Waals surface area contributed by atoms with Crippen molar-refractivity contribution in [3.05, 3.63) is 202 Å². The van der Waals surface area contributed by atoms with Crippen molar-refractivity contribution in [3.63, 3.8) is 0 Å². The smallest absolute Gasteiger partial charge is 0.166 e. The van der Waals surface area contributed by atoms with E-state index in [-0.39, 0.29) is 11.3 Å². The van der Waals surface area contributed by atoms with E-state index in [1.165, 1.54) is 67.0 Å². The van der Waals surface area contributed by atoms with Crippen molar-refractivity contribution in [1.82, 2.24) is 34.5 Å². The summed E-state index contributed by atoms with van der Waals surface area (Å²) in [6.07, 6.45) is 15.7. The van der Waals surface area contributed by atoms with E-state index < -0.39 is 0 Å². The molecule has 11 rings (SSSR count). The fourth-order valence-corrected chi connectivity index (χ4v) is 12.1. The van der Waals surface area contributed by atoms with Gasteiger partial charge in [-0.1, -0.05) is 189 Å². The molecule has 3 heterocycles. The van der Waals surface area contributed by atoms with Crippen LogP contribution in [0.3, 0.4) is 0 Å². The largest absolute Gasteiger partial charge is 0.308 e. The number of rotatable bonds is 19. The van der Waals surface area contributed by atoms with Gasteiger partial charge in [0.25, 0.3) is 0 Å². The molecule has 0 radical (unpaired) electrons. The van der Waals surface area contributed by atoms with Crippen LogP contribution in [0.15, 0.2) is 173 Å². The predicted molar refractivity (Wildman–Crippen MR) is 339 cm³/mol. The van der Waals surface area contributed by atoms with Gasteiger partial charge in [0, 0.05) is 53.2 Å². The van der Waals surface area contributed by atoms with E-state index in [1.54, 1.807) is 0 Å². The number of unbranched alkanes of at least 4 members (excludes halogenated alkanes) is 5. The normalized spacial score (nSPS) is 13.2. The Morgan fingerprint density at radius 3 is 1.73 bits per heavy atom. The molecule has 0 bridgehead atoms. The molecule has 0 unspecified atom stereocenters. The number of para-hydroxylation sites is 1. The first-order chi connectivity index (χ1) is 38.5. The number of nitrogens with zero attached hydrogens (tertiary/aromatic N) is 7. The Morgan fingerprint density at radius 1 is 0.494 bits per heavy atom. The second-order valence-corrected chi connectivity index (χ2v) is 23.3. The van der Waals surface area contributed by atoms with Gasteiger partial charge in [0.05, 0.1) is 16.7 Å². The zero-order valence-electron chi connectivity index (χ0n) is 46.8. The van der Waals surface area contributed by atoms with Crippen molar-refractivity contribution in [2.45, 2.75) is 118 Å². The van der Waals surface area contributed by atoms with Gasteiger partial charge in [0.15, 0.2) is 34.9 Å². The molecule has 0 aliphatic heterocycles. The van der Waals surface area contributed by atoms with E-state index in [0.29, 0.717) is 34.9 Å². The lowest BCUT2D eigenvalue weighted by atomic mass is 9.82. The van der Waals surface area contributed by atoms with Gasteiger partial charge in [0.2, 0.25) is 0 Å². The van der Waals surface area contributed by atoms with E-state index >= 15 is 0 Å². The minimum absolute atomic E-state index is 0.114. The van der Waals surface area contributed by atoms with Gasteiger partial charge in [-0.25, -0.2) is 29.9 Å². The lowest BCUT2D eigenvalue weighted by Gasteiger charge is -2.22. The zero-order chi connectivity index (χ0) is 54.6. The number of aromatic nitrogens is 7. The summed E-state index contributed by atoms with van der Waals surface area (Å²) in [5.74, 6) is 3.80. The summed E-state index contributed by atoms with van der Waals surface area (Å²) in [5.41, 5.74) is 16.4. The topological polar surface area (TPSA) is 82.3 Å². The quantitative estimate of drug-likeness (QED) is 0.0456. The maximum atomic E-state index is 5.68. The van der Waals surface area contributed by atoms with Crippen LogP contribution in [0.4, 0.5) is 0 Å². The standard InChI is InChI=1S/C71H70IN7/c1-8-11-14-21-32-53(72)43-56(46(4)5)69-76-68(52-40-47(26-12-9-2)39-48(41-52)27-13-10-3)77-70(78-69)59-42-51(67-74-65(49-28-17-15-18-29-49)73-66(75-67)50-30-19-16-20-31-50)37-38-63(59)79-62-36-25-23-34-55(62)58-44-57-54-33-22-24-35-60(54)71(6,7)61(57)45-64(58)79/h15-20,22-25,28-46H,8-14,21,26-27H2,1-7H3/b53-32+,56-43+. The first-order valence-electron chi connectivity index (χ1n) is 28.7. The van der Waals surface area contributed by atoms with Gasteiger partial charge in [-0.3, -0.25) is 0 Å². The van der Waals surface area contributed by atoms with E-state index in [4.69, 9.17) is 29.9 Å². The minimum Gasteiger partial charge on any atom is -0.308 e. The van der Waals surface area contributed by atoms with Gasteiger partial charge < -0.3 is 4.57 Å². The van der Waals surface area contributed by atoms with Crippen LogP contribution in [0, 0.1) is 5.92 Å². The van der Waals surface area contributed by atoms with E-state index in [9.17, 15) is 0 Å². The number of hydrogen-bond donors (Lipinski definition) is 0. The molecule has 8 heteroatoms. The Bertz CT molecular complexity index is 3820. The van der Waals surface area contributed by atoms with Crippen molar-refractivity contribution in [2.75, 3.05) is 0 Å². The zero-order valence-corrected chi connectivity index (χ0v) is 49.0. The summed E-state index contributed by atoms with van der Waals surface area (Å²) in [5, 5.41) is 2.38. The number of allylic oxidation sites excluding steroid dienone is 4. The average molecular weight is 1150 g/mol. The molecule has 1 aliphatic carbocycles. The number of benzene rings is 7. The highest BCUT2D eigenvalue weighted by atomic mass is 127. The molecule has 0 saturated carbocycles. The van der Waals surface area contributed by atoms with Crippen LogP contribution in [0.5, 0.6) is 0 Å². The first-order valence-corrected chi connectivity index (χ1v) is 29.8. The Labute approximate surface area is 480 Å². The summed E-state index contributed by atoms with van der Waals surface area (Å²) >= 11 is 2.50. The first kappa shape index (κ1) is 53.6. The van der Waals surface area contributed by atoms with Crippen LogP contribution in [-0.4, -0.2) is 34.5 Å². The van der Waals surface area contributed by atoms with Gasteiger partial charge in [-0.2, -0.15) is 0 Å². The highest BCUT2D eigenvalue weighted by Crippen LogP contribution is 2.51. The maximum Gasteiger partial charge on any atom is 0.166 e. The summed E-state index contributed by atoms with van der Waals surface area (Å²) in [4.78, 5) is 32.5. The summed E-state index contributed by atoms with van der Waals surface area (Å²) < 4.78 is 3.63. The summed E-state index contributed by atoms with van der Waals surface area (Å²) in [7, 11) is 0. The maximum absolute atomic E-state index is 5.68. The molecule has 7 aromatic carbocycles. The molecule has 79 heavy (non-hydrogen) atoms.